The summed E-state index contributed by atoms with van der Waals surface area (Å²) in [6, 6.07) is 14.5. The molecule has 168 valence electrons. The number of nitrogens with zero attached hydrogens (tertiary/aromatic N) is 2. The van der Waals surface area contributed by atoms with Crippen LogP contribution in [0.3, 0.4) is 0 Å². The molecular weight excluding hydrogens is 404 g/mol. The maximum atomic E-state index is 13.6. The minimum atomic E-state index is -0.295. The van der Waals surface area contributed by atoms with Crippen molar-refractivity contribution in [1.82, 2.24) is 4.90 Å². The standard InChI is InChI=1S/C26H30N2O4/c1-4-31-21-12-8-19(9-13-21)23-24(27-16-6-7-18(3)17-27)26(30)28(25(23)29)20-10-14-22(15-11-20)32-5-2/h8-15,18H,4-7,16-17H2,1-3H3. The van der Waals surface area contributed by atoms with Gasteiger partial charge in [-0.3, -0.25) is 9.59 Å². The third-order valence-corrected chi connectivity index (χ3v) is 5.89. The van der Waals surface area contributed by atoms with E-state index in [9.17, 15) is 9.59 Å². The second-order valence-corrected chi connectivity index (χ2v) is 8.25. The number of anilines is 1. The van der Waals surface area contributed by atoms with E-state index in [1.54, 1.807) is 24.3 Å². The Morgan fingerprint density at radius 3 is 2.03 bits per heavy atom. The molecule has 0 bridgehead atoms. The summed E-state index contributed by atoms with van der Waals surface area (Å²) in [5.74, 6) is 1.36. The van der Waals surface area contributed by atoms with Gasteiger partial charge in [-0.25, -0.2) is 4.90 Å². The van der Waals surface area contributed by atoms with Crippen LogP contribution in [0, 0.1) is 5.92 Å². The predicted octanol–water partition coefficient (Wildman–Crippen LogP) is 4.50. The number of likely N-dealkylation sites (tertiary alicyclic amines) is 1. The number of amides is 2. The Balaban J connectivity index is 1.74. The molecule has 2 amide bonds. The summed E-state index contributed by atoms with van der Waals surface area (Å²) in [4.78, 5) is 30.6. The van der Waals surface area contributed by atoms with Crippen LogP contribution < -0.4 is 14.4 Å². The van der Waals surface area contributed by atoms with Crippen LogP contribution >= 0.6 is 0 Å². The van der Waals surface area contributed by atoms with Crippen LogP contribution in [0.1, 0.15) is 39.2 Å². The number of benzene rings is 2. The van der Waals surface area contributed by atoms with Gasteiger partial charge in [-0.1, -0.05) is 19.1 Å². The van der Waals surface area contributed by atoms with Crippen molar-refractivity contribution in [2.24, 2.45) is 5.92 Å². The van der Waals surface area contributed by atoms with Gasteiger partial charge in [-0.05, 0) is 74.6 Å². The first-order chi connectivity index (χ1) is 15.5. The highest BCUT2D eigenvalue weighted by Crippen LogP contribution is 2.37. The first-order valence-electron chi connectivity index (χ1n) is 11.4. The SMILES string of the molecule is CCOc1ccc(C2=C(N3CCCC(C)C3)C(=O)N(c3ccc(OCC)cc3)C2=O)cc1. The molecule has 0 aromatic heterocycles. The molecule has 2 aromatic rings. The van der Waals surface area contributed by atoms with Crippen LogP contribution in [0.25, 0.3) is 5.57 Å². The van der Waals surface area contributed by atoms with Gasteiger partial charge in [0.05, 0.1) is 24.5 Å². The number of rotatable bonds is 7. The van der Waals surface area contributed by atoms with Gasteiger partial charge in [0.25, 0.3) is 11.8 Å². The molecule has 2 aliphatic rings. The maximum absolute atomic E-state index is 13.6. The number of carbonyl (C=O) groups excluding carboxylic acids is 2. The van der Waals surface area contributed by atoms with E-state index in [4.69, 9.17) is 9.47 Å². The molecule has 32 heavy (non-hydrogen) atoms. The molecule has 0 radical (unpaired) electrons. The van der Waals surface area contributed by atoms with Gasteiger partial charge < -0.3 is 14.4 Å². The number of hydrogen-bond donors (Lipinski definition) is 0. The van der Waals surface area contributed by atoms with Crippen LogP contribution in [0.4, 0.5) is 5.69 Å². The lowest BCUT2D eigenvalue weighted by Crippen LogP contribution is -2.39. The quantitative estimate of drug-likeness (QED) is 0.601. The molecule has 1 saturated heterocycles. The summed E-state index contributed by atoms with van der Waals surface area (Å²) >= 11 is 0. The van der Waals surface area contributed by atoms with E-state index in [1.807, 2.05) is 38.1 Å². The van der Waals surface area contributed by atoms with Crippen LogP contribution in [-0.2, 0) is 9.59 Å². The molecule has 0 saturated carbocycles. The first-order valence-corrected chi connectivity index (χ1v) is 11.4. The summed E-state index contributed by atoms with van der Waals surface area (Å²) in [5, 5.41) is 0. The predicted molar refractivity (Wildman–Crippen MR) is 125 cm³/mol. The van der Waals surface area contributed by atoms with Gasteiger partial charge in [-0.2, -0.15) is 0 Å². The van der Waals surface area contributed by atoms with Crippen LogP contribution in [0.5, 0.6) is 11.5 Å². The fraction of sp³-hybridized carbons (Fsp3) is 0.385. The largest absolute Gasteiger partial charge is 0.494 e. The molecule has 2 aromatic carbocycles. The lowest BCUT2D eigenvalue weighted by atomic mass is 9.97. The van der Waals surface area contributed by atoms with E-state index in [0.717, 1.165) is 37.2 Å². The number of piperidine rings is 1. The molecule has 0 spiro atoms. The molecule has 1 unspecified atom stereocenters. The fourth-order valence-electron chi connectivity index (χ4n) is 4.44. The van der Waals surface area contributed by atoms with E-state index in [-0.39, 0.29) is 11.8 Å². The van der Waals surface area contributed by atoms with E-state index < -0.39 is 0 Å². The van der Waals surface area contributed by atoms with Crippen molar-refractivity contribution >= 4 is 23.1 Å². The van der Waals surface area contributed by atoms with Crippen LogP contribution in [0.2, 0.25) is 0 Å². The molecule has 2 aliphatic heterocycles. The molecule has 6 nitrogen and oxygen atoms in total. The van der Waals surface area contributed by atoms with Crippen molar-refractivity contribution in [2.45, 2.75) is 33.6 Å². The average Bonchev–Trinajstić information content (AvgIpc) is 3.05. The second-order valence-electron chi connectivity index (χ2n) is 8.25. The Kier molecular flexibility index (Phi) is 6.49. The van der Waals surface area contributed by atoms with Gasteiger partial charge in [0.1, 0.15) is 17.2 Å². The summed E-state index contributed by atoms with van der Waals surface area (Å²) in [5.41, 5.74) is 2.24. The minimum absolute atomic E-state index is 0.267. The summed E-state index contributed by atoms with van der Waals surface area (Å²) in [6.07, 6.45) is 2.14. The summed E-state index contributed by atoms with van der Waals surface area (Å²) in [6.45, 7) is 8.71. The molecule has 4 rings (SSSR count). The maximum Gasteiger partial charge on any atom is 0.282 e. The van der Waals surface area contributed by atoms with E-state index in [1.165, 1.54) is 4.90 Å². The van der Waals surface area contributed by atoms with E-state index >= 15 is 0 Å². The third-order valence-electron chi connectivity index (χ3n) is 5.89. The summed E-state index contributed by atoms with van der Waals surface area (Å²) in [7, 11) is 0. The Bertz CT molecular complexity index is 1010. The van der Waals surface area contributed by atoms with Gasteiger partial charge in [-0.15, -0.1) is 0 Å². The average molecular weight is 435 g/mol. The van der Waals surface area contributed by atoms with Gasteiger partial charge in [0.2, 0.25) is 0 Å². The zero-order chi connectivity index (χ0) is 22.7. The Labute approximate surface area is 189 Å². The Hall–Kier alpha value is -3.28. The monoisotopic (exact) mass is 434 g/mol. The van der Waals surface area contributed by atoms with Gasteiger partial charge in [0.15, 0.2) is 0 Å². The van der Waals surface area contributed by atoms with Crippen LogP contribution in [0.15, 0.2) is 54.2 Å². The zero-order valence-electron chi connectivity index (χ0n) is 19.0. The highest BCUT2D eigenvalue weighted by atomic mass is 16.5. The molecule has 2 heterocycles. The number of hydrogen-bond acceptors (Lipinski definition) is 5. The normalized spacial score (nSPS) is 19.0. The Morgan fingerprint density at radius 1 is 0.875 bits per heavy atom. The molecular formula is C26H30N2O4. The van der Waals surface area contributed by atoms with Crippen molar-refractivity contribution in [1.29, 1.82) is 0 Å². The van der Waals surface area contributed by atoms with Crippen molar-refractivity contribution < 1.29 is 19.1 Å². The first kappa shape index (κ1) is 21.9. The van der Waals surface area contributed by atoms with E-state index in [2.05, 4.69) is 11.8 Å². The molecule has 0 N–H and O–H groups in total. The van der Waals surface area contributed by atoms with Crippen molar-refractivity contribution in [3.05, 3.63) is 59.8 Å². The van der Waals surface area contributed by atoms with E-state index in [0.29, 0.717) is 41.8 Å². The smallest absolute Gasteiger partial charge is 0.282 e. The molecule has 6 heteroatoms. The Morgan fingerprint density at radius 2 is 1.47 bits per heavy atom. The third kappa shape index (κ3) is 4.22. The molecule has 0 aliphatic carbocycles. The number of imide groups is 1. The molecule has 1 fully saturated rings. The lowest BCUT2D eigenvalue weighted by Gasteiger charge is -2.33. The summed E-state index contributed by atoms with van der Waals surface area (Å²) < 4.78 is 11.1. The molecule has 1 atom stereocenters. The highest BCUT2D eigenvalue weighted by molar-refractivity contribution is 6.45. The fourth-order valence-corrected chi connectivity index (χ4v) is 4.44. The van der Waals surface area contributed by atoms with Crippen molar-refractivity contribution in [3.63, 3.8) is 0 Å². The second kappa shape index (κ2) is 9.47. The van der Waals surface area contributed by atoms with Gasteiger partial charge >= 0.3 is 0 Å². The van der Waals surface area contributed by atoms with Crippen molar-refractivity contribution in [3.8, 4) is 11.5 Å². The van der Waals surface area contributed by atoms with Crippen molar-refractivity contribution in [2.75, 3.05) is 31.2 Å². The van der Waals surface area contributed by atoms with Gasteiger partial charge in [0, 0.05) is 13.1 Å². The van der Waals surface area contributed by atoms with Crippen LogP contribution in [-0.4, -0.2) is 43.0 Å². The highest BCUT2D eigenvalue weighted by Gasteiger charge is 2.43. The number of carbonyl (C=O) groups is 2. The number of ether oxygens (including phenoxy) is 2. The topological polar surface area (TPSA) is 59.1 Å². The minimum Gasteiger partial charge on any atom is -0.494 e. The zero-order valence-corrected chi connectivity index (χ0v) is 19.0. The lowest BCUT2D eigenvalue weighted by molar-refractivity contribution is -0.120.